The molecular weight excluding hydrogens is 370 g/mol. The molecule has 29 heavy (non-hydrogen) atoms. The molecule has 0 unspecified atom stereocenters. The van der Waals surface area contributed by atoms with Crippen LogP contribution < -0.4 is 0 Å². The van der Waals surface area contributed by atoms with Crippen LogP contribution in [0.4, 0.5) is 0 Å². The lowest BCUT2D eigenvalue weighted by Gasteiger charge is -2.11. The molecule has 8 heteroatoms. The molecule has 152 valence electrons. The number of esters is 1. The number of hydrogen-bond donors (Lipinski definition) is 0. The van der Waals surface area contributed by atoms with E-state index in [9.17, 15) is 9.59 Å². The predicted octanol–water partition coefficient (Wildman–Crippen LogP) is 3.17. The number of benzene rings is 1. The van der Waals surface area contributed by atoms with Gasteiger partial charge < -0.3 is 9.30 Å². The highest BCUT2D eigenvalue weighted by molar-refractivity contribution is 6.01. The third-order valence-electron chi connectivity index (χ3n) is 4.86. The fraction of sp³-hybridized carbons (Fsp3) is 0.381. The van der Waals surface area contributed by atoms with Crippen LogP contribution in [0.3, 0.4) is 0 Å². The Balaban J connectivity index is 1.71. The van der Waals surface area contributed by atoms with Gasteiger partial charge in [0.15, 0.2) is 6.61 Å². The van der Waals surface area contributed by atoms with Gasteiger partial charge in [-0.05, 0) is 54.8 Å². The largest absolute Gasteiger partial charge is 0.454 e. The number of Topliss-reactive ketones (excluding diaryl/α,β-unsaturated/α-hetero) is 1. The molecule has 0 atom stereocenters. The summed E-state index contributed by atoms with van der Waals surface area (Å²) in [4.78, 5) is 25.3. The summed E-state index contributed by atoms with van der Waals surface area (Å²) in [5.74, 6) is -0.239. The van der Waals surface area contributed by atoms with Crippen LogP contribution in [0.5, 0.6) is 0 Å². The summed E-state index contributed by atoms with van der Waals surface area (Å²) < 4.78 is 8.82. The monoisotopic (exact) mass is 395 g/mol. The average molecular weight is 395 g/mol. The number of tetrazole rings is 1. The molecule has 8 nitrogen and oxygen atoms in total. The van der Waals surface area contributed by atoms with Crippen molar-refractivity contribution in [3.63, 3.8) is 0 Å². The highest BCUT2D eigenvalue weighted by atomic mass is 16.5. The highest BCUT2D eigenvalue weighted by Crippen LogP contribution is 2.19. The Bertz CT molecular complexity index is 1010. The summed E-state index contributed by atoms with van der Waals surface area (Å²) in [5, 5.41) is 11.0. The Morgan fingerprint density at radius 3 is 2.59 bits per heavy atom. The minimum absolute atomic E-state index is 0.220. The Morgan fingerprint density at radius 2 is 1.90 bits per heavy atom. The zero-order valence-electron chi connectivity index (χ0n) is 17.1. The Morgan fingerprint density at radius 1 is 1.14 bits per heavy atom. The first-order valence-electron chi connectivity index (χ1n) is 9.58. The summed E-state index contributed by atoms with van der Waals surface area (Å²) >= 11 is 0. The topological polar surface area (TPSA) is 91.9 Å². The zero-order valence-corrected chi connectivity index (χ0v) is 17.1. The summed E-state index contributed by atoms with van der Waals surface area (Å²) in [6, 6.07) is 8.67. The van der Waals surface area contributed by atoms with Gasteiger partial charge in [-0.15, -0.1) is 5.10 Å². The van der Waals surface area contributed by atoms with Crippen LogP contribution in [0.1, 0.15) is 52.4 Å². The van der Waals surface area contributed by atoms with Crippen molar-refractivity contribution in [3.8, 4) is 5.69 Å². The van der Waals surface area contributed by atoms with Gasteiger partial charge >= 0.3 is 5.97 Å². The molecule has 0 bridgehead atoms. The van der Waals surface area contributed by atoms with Gasteiger partial charge in [-0.25, -0.2) is 4.79 Å². The van der Waals surface area contributed by atoms with E-state index in [1.54, 1.807) is 24.3 Å². The lowest BCUT2D eigenvalue weighted by atomic mass is 10.1. The smallest absolute Gasteiger partial charge is 0.340 e. The first kappa shape index (κ1) is 20.4. The lowest BCUT2D eigenvalue weighted by Crippen LogP contribution is -2.17. The molecule has 0 saturated carbocycles. The zero-order chi connectivity index (χ0) is 21.0. The van der Waals surface area contributed by atoms with Crippen LogP contribution in [0.15, 0.2) is 36.7 Å². The second-order valence-electron chi connectivity index (χ2n) is 7.39. The van der Waals surface area contributed by atoms with E-state index in [2.05, 4.69) is 33.9 Å². The number of hydrogen-bond acceptors (Lipinski definition) is 6. The van der Waals surface area contributed by atoms with Crippen LogP contribution in [0.25, 0.3) is 5.69 Å². The van der Waals surface area contributed by atoms with E-state index in [0.717, 1.165) is 24.4 Å². The molecule has 0 spiro atoms. The van der Waals surface area contributed by atoms with Gasteiger partial charge in [0.1, 0.15) is 6.33 Å². The van der Waals surface area contributed by atoms with Crippen molar-refractivity contribution in [2.45, 2.75) is 40.7 Å². The van der Waals surface area contributed by atoms with Crippen molar-refractivity contribution in [2.75, 3.05) is 6.61 Å². The Kier molecular flexibility index (Phi) is 6.21. The number of aryl methyl sites for hydroxylation is 1. The summed E-state index contributed by atoms with van der Waals surface area (Å²) in [5.41, 5.74) is 3.30. The van der Waals surface area contributed by atoms with E-state index in [1.807, 2.05) is 19.9 Å². The van der Waals surface area contributed by atoms with Crippen LogP contribution in [-0.2, 0) is 11.3 Å². The van der Waals surface area contributed by atoms with Crippen molar-refractivity contribution in [3.05, 3.63) is 59.2 Å². The van der Waals surface area contributed by atoms with Gasteiger partial charge in [-0.1, -0.05) is 26.0 Å². The van der Waals surface area contributed by atoms with E-state index < -0.39 is 5.97 Å². The van der Waals surface area contributed by atoms with Crippen LogP contribution in [0, 0.1) is 19.8 Å². The molecule has 0 fully saturated rings. The number of aromatic nitrogens is 5. The van der Waals surface area contributed by atoms with Crippen molar-refractivity contribution in [1.29, 1.82) is 0 Å². The molecule has 1 aromatic carbocycles. The standard InChI is InChI=1S/C21H25N5O3/c1-14(2)9-10-25-15(3)11-18(16(25)4)20(27)12-29-21(28)17-7-5-6-8-19(17)26-13-22-23-24-26/h5-8,11,13-14H,9-10,12H2,1-4H3. The van der Waals surface area contributed by atoms with E-state index in [0.29, 0.717) is 17.2 Å². The van der Waals surface area contributed by atoms with Gasteiger partial charge in [0, 0.05) is 23.5 Å². The van der Waals surface area contributed by atoms with E-state index >= 15 is 0 Å². The number of nitrogens with zero attached hydrogens (tertiary/aromatic N) is 5. The van der Waals surface area contributed by atoms with Gasteiger partial charge in [0.25, 0.3) is 0 Å². The Hall–Kier alpha value is -3.29. The van der Waals surface area contributed by atoms with Crippen molar-refractivity contribution in [2.24, 2.45) is 5.92 Å². The summed E-state index contributed by atoms with van der Waals surface area (Å²) in [7, 11) is 0. The first-order valence-corrected chi connectivity index (χ1v) is 9.58. The van der Waals surface area contributed by atoms with Crippen LogP contribution >= 0.6 is 0 Å². The minimum Gasteiger partial charge on any atom is -0.454 e. The van der Waals surface area contributed by atoms with Gasteiger partial charge in [-0.2, -0.15) is 4.68 Å². The molecule has 0 amide bonds. The normalized spacial score (nSPS) is 11.1. The number of carbonyl (C=O) groups is 2. The molecule has 0 saturated heterocycles. The SMILES string of the molecule is Cc1cc(C(=O)COC(=O)c2ccccc2-n2cnnn2)c(C)n1CCC(C)C. The van der Waals surface area contributed by atoms with Crippen LogP contribution in [-0.4, -0.2) is 43.1 Å². The summed E-state index contributed by atoms with van der Waals surface area (Å²) in [6.07, 6.45) is 2.43. The lowest BCUT2D eigenvalue weighted by molar-refractivity contribution is 0.0474. The van der Waals surface area contributed by atoms with Crippen molar-refractivity contribution in [1.82, 2.24) is 24.8 Å². The molecule has 2 heterocycles. The van der Waals surface area contributed by atoms with Crippen molar-refractivity contribution >= 4 is 11.8 Å². The number of ether oxygens (including phenoxy) is 1. The maximum absolute atomic E-state index is 12.7. The van der Waals surface area contributed by atoms with E-state index in [4.69, 9.17) is 4.74 Å². The van der Waals surface area contributed by atoms with E-state index in [-0.39, 0.29) is 18.0 Å². The molecular formula is C21H25N5O3. The maximum Gasteiger partial charge on any atom is 0.340 e. The number of rotatable bonds is 8. The molecule has 3 rings (SSSR count). The van der Waals surface area contributed by atoms with E-state index in [1.165, 1.54) is 11.0 Å². The first-order chi connectivity index (χ1) is 13.9. The minimum atomic E-state index is -0.599. The van der Waals surface area contributed by atoms with Crippen molar-refractivity contribution < 1.29 is 14.3 Å². The number of carbonyl (C=O) groups excluding carboxylic acids is 2. The van der Waals surface area contributed by atoms with Gasteiger partial charge in [-0.3, -0.25) is 4.79 Å². The third kappa shape index (κ3) is 4.59. The second kappa shape index (κ2) is 8.81. The number of para-hydroxylation sites is 1. The molecule has 3 aromatic rings. The molecule has 0 aliphatic rings. The van der Waals surface area contributed by atoms with Gasteiger partial charge in [0.2, 0.25) is 5.78 Å². The predicted molar refractivity (Wildman–Crippen MR) is 107 cm³/mol. The molecule has 0 N–H and O–H groups in total. The Labute approximate surface area is 169 Å². The molecule has 2 aromatic heterocycles. The van der Waals surface area contributed by atoms with Crippen LogP contribution in [0.2, 0.25) is 0 Å². The maximum atomic E-state index is 12.7. The molecule has 0 aliphatic carbocycles. The average Bonchev–Trinajstić information content (AvgIpc) is 3.33. The third-order valence-corrected chi connectivity index (χ3v) is 4.86. The van der Waals surface area contributed by atoms with Gasteiger partial charge in [0.05, 0.1) is 11.3 Å². The summed E-state index contributed by atoms with van der Waals surface area (Å²) in [6.45, 7) is 8.80. The second-order valence-corrected chi connectivity index (χ2v) is 7.39. The quantitative estimate of drug-likeness (QED) is 0.430. The molecule has 0 aliphatic heterocycles. The fourth-order valence-electron chi connectivity index (χ4n) is 3.22. The molecule has 0 radical (unpaired) electrons. The number of ketones is 1. The fourth-order valence-corrected chi connectivity index (χ4v) is 3.22. The highest BCUT2D eigenvalue weighted by Gasteiger charge is 2.20.